The van der Waals surface area contributed by atoms with Gasteiger partial charge in [-0.3, -0.25) is 14.8 Å². The molecule has 1 aliphatic rings. The van der Waals surface area contributed by atoms with Gasteiger partial charge >= 0.3 is 0 Å². The van der Waals surface area contributed by atoms with Crippen LogP contribution in [0.2, 0.25) is 5.15 Å². The summed E-state index contributed by atoms with van der Waals surface area (Å²) in [6.45, 7) is 1.91. The van der Waals surface area contributed by atoms with E-state index in [0.29, 0.717) is 26.7 Å². The number of hydrogen-bond acceptors (Lipinski definition) is 9. The summed E-state index contributed by atoms with van der Waals surface area (Å²) >= 11 is 7.24. The predicted octanol–water partition coefficient (Wildman–Crippen LogP) is 2.83. The number of fused-ring (bicyclic) bond motifs is 1. The molecule has 0 atom stereocenters. The van der Waals surface area contributed by atoms with Crippen LogP contribution in [0.1, 0.15) is 12.8 Å². The third kappa shape index (κ3) is 6.36. The predicted molar refractivity (Wildman–Crippen MR) is 129 cm³/mol. The first-order valence-electron chi connectivity index (χ1n) is 10.2. The minimum Gasteiger partial charge on any atom is -0.368 e. The second-order valence-electron chi connectivity index (χ2n) is 7.84. The van der Waals surface area contributed by atoms with Crippen molar-refractivity contribution in [3.8, 4) is 11.3 Å². The zero-order valence-electron chi connectivity index (χ0n) is 18.0. The molecule has 33 heavy (non-hydrogen) atoms. The van der Waals surface area contributed by atoms with Crippen LogP contribution in [0, 0.1) is 0 Å². The Labute approximate surface area is 200 Å². The van der Waals surface area contributed by atoms with Gasteiger partial charge in [0.25, 0.3) is 5.91 Å². The van der Waals surface area contributed by atoms with Crippen LogP contribution >= 0.6 is 22.9 Å². The third-order valence-corrected chi connectivity index (χ3v) is 6.82. The normalized spacial score (nSPS) is 15.6. The summed E-state index contributed by atoms with van der Waals surface area (Å²) in [5.74, 6) is -0.258. The maximum atomic E-state index is 12.3. The van der Waals surface area contributed by atoms with Gasteiger partial charge in [-0.15, -0.1) is 0 Å². The number of sulfonamides is 1. The molecule has 13 heteroatoms. The number of rotatable bonds is 7. The Hall–Kier alpha value is -2.38. The number of likely N-dealkylation sites (tertiary alicyclic amines) is 1. The number of aromatic nitrogens is 3. The van der Waals surface area contributed by atoms with E-state index in [9.17, 15) is 13.2 Å². The van der Waals surface area contributed by atoms with E-state index in [1.807, 2.05) is 0 Å². The summed E-state index contributed by atoms with van der Waals surface area (Å²) < 4.78 is 31.2. The second-order valence-corrected chi connectivity index (χ2v) is 10.9. The molecule has 0 aromatic carbocycles. The van der Waals surface area contributed by atoms with E-state index >= 15 is 0 Å². The maximum Gasteiger partial charge on any atom is 0.252 e. The van der Waals surface area contributed by atoms with Gasteiger partial charge in [0.15, 0.2) is 10.3 Å². The summed E-state index contributed by atoms with van der Waals surface area (Å²) in [6.07, 6.45) is 4.47. The fourth-order valence-corrected chi connectivity index (χ4v) is 5.01. The van der Waals surface area contributed by atoms with Gasteiger partial charge in [-0.1, -0.05) is 22.9 Å². The Balaban J connectivity index is 1.44. The molecule has 0 radical (unpaired) electrons. The number of hydrogen-bond donors (Lipinski definition) is 2. The largest absolute Gasteiger partial charge is 0.368 e. The van der Waals surface area contributed by atoms with Crippen molar-refractivity contribution in [3.63, 3.8) is 0 Å². The van der Waals surface area contributed by atoms with Crippen molar-refractivity contribution < 1.29 is 17.9 Å². The first-order valence-corrected chi connectivity index (χ1v) is 13.3. The first kappa shape index (κ1) is 23.8. The lowest BCUT2D eigenvalue weighted by atomic mass is 10.1. The average Bonchev–Trinajstić information content (AvgIpc) is 3.15. The van der Waals surface area contributed by atoms with E-state index < -0.39 is 10.0 Å². The number of carbonyl (C=O) groups is 1. The number of pyridine rings is 2. The van der Waals surface area contributed by atoms with E-state index in [0.717, 1.165) is 32.2 Å². The van der Waals surface area contributed by atoms with Gasteiger partial charge in [0, 0.05) is 24.8 Å². The van der Waals surface area contributed by atoms with Crippen LogP contribution in [-0.2, 0) is 19.6 Å². The molecule has 10 nitrogen and oxygen atoms in total. The molecule has 0 spiro atoms. The molecule has 0 aliphatic carbocycles. The molecule has 1 fully saturated rings. The molecular weight excluding hydrogens is 488 g/mol. The molecule has 1 saturated heterocycles. The molecule has 4 heterocycles. The lowest BCUT2D eigenvalue weighted by Gasteiger charge is -2.28. The minimum atomic E-state index is -3.51. The van der Waals surface area contributed by atoms with Crippen molar-refractivity contribution >= 4 is 60.0 Å². The Morgan fingerprint density at radius 1 is 1.30 bits per heavy atom. The molecule has 176 valence electrons. The number of thiazole rings is 1. The van der Waals surface area contributed by atoms with Crippen LogP contribution in [-0.4, -0.2) is 73.3 Å². The summed E-state index contributed by atoms with van der Waals surface area (Å²) in [5, 5.41) is 3.24. The van der Waals surface area contributed by atoms with Gasteiger partial charge in [-0.2, -0.15) is 0 Å². The van der Waals surface area contributed by atoms with E-state index in [2.05, 4.69) is 36.9 Å². The fraction of sp³-hybridized carbons (Fsp3) is 0.400. The average molecular weight is 511 g/mol. The minimum absolute atomic E-state index is 0.0183. The number of ether oxygens (including phenoxy) is 1. The summed E-state index contributed by atoms with van der Waals surface area (Å²) in [7, 11) is -1.44. The van der Waals surface area contributed by atoms with Crippen molar-refractivity contribution in [1.82, 2.24) is 19.9 Å². The van der Waals surface area contributed by atoms with Gasteiger partial charge in [0.05, 0.1) is 23.7 Å². The topological polar surface area (TPSA) is 126 Å². The van der Waals surface area contributed by atoms with Crippen molar-refractivity contribution in [3.05, 3.63) is 29.5 Å². The van der Waals surface area contributed by atoms with Crippen molar-refractivity contribution in [2.45, 2.75) is 18.9 Å². The van der Waals surface area contributed by atoms with Crippen LogP contribution in [0.4, 0.5) is 10.8 Å². The van der Waals surface area contributed by atoms with Crippen LogP contribution in [0.25, 0.3) is 21.6 Å². The zero-order valence-corrected chi connectivity index (χ0v) is 20.4. The van der Waals surface area contributed by atoms with Crippen LogP contribution < -0.4 is 10.0 Å². The maximum absolute atomic E-state index is 12.3. The number of carbonyl (C=O) groups excluding carboxylic acids is 1. The number of halogens is 1. The quantitative estimate of drug-likeness (QED) is 0.464. The highest BCUT2D eigenvalue weighted by molar-refractivity contribution is 7.92. The van der Waals surface area contributed by atoms with Crippen molar-refractivity contribution in [2.24, 2.45) is 0 Å². The summed E-state index contributed by atoms with van der Waals surface area (Å²) in [5.41, 5.74) is 1.94. The number of nitrogens with one attached hydrogen (secondary N) is 2. The lowest BCUT2D eigenvalue weighted by Crippen LogP contribution is -2.35. The van der Waals surface area contributed by atoms with Crippen LogP contribution in [0.5, 0.6) is 0 Å². The van der Waals surface area contributed by atoms with E-state index in [-0.39, 0.29) is 29.5 Å². The van der Waals surface area contributed by atoms with Gasteiger partial charge < -0.3 is 9.64 Å². The Kier molecular flexibility index (Phi) is 7.10. The molecule has 0 unspecified atom stereocenters. The highest BCUT2D eigenvalue weighted by Gasteiger charge is 2.19. The number of anilines is 2. The molecule has 4 rings (SSSR count). The standard InChI is InChI=1S/C20H23ClN6O4S2/c1-27-7-5-13(6-8-27)31-11-17(28)25-20-24-15-4-3-14(23-19(15)32-20)12-9-16(18(21)22-10-12)26-33(2,29)30/h3-4,9-10,13,26H,5-8,11H2,1-2H3,(H,24,25,28). The van der Waals surface area contributed by atoms with Crippen molar-refractivity contribution in [1.29, 1.82) is 0 Å². The Morgan fingerprint density at radius 3 is 2.79 bits per heavy atom. The highest BCUT2D eigenvalue weighted by atomic mass is 35.5. The molecule has 2 N–H and O–H groups in total. The molecule has 1 amide bonds. The summed E-state index contributed by atoms with van der Waals surface area (Å²) in [6, 6.07) is 5.08. The molecule has 3 aromatic rings. The SMILES string of the molecule is CN1CCC(OCC(=O)Nc2nc3ccc(-c4cnc(Cl)c(NS(C)(=O)=O)c4)nc3s2)CC1. The van der Waals surface area contributed by atoms with Crippen LogP contribution in [0.3, 0.4) is 0 Å². The Bertz CT molecular complexity index is 1270. The van der Waals surface area contributed by atoms with Gasteiger partial charge in [0.1, 0.15) is 17.0 Å². The van der Waals surface area contributed by atoms with E-state index in [1.165, 1.54) is 17.5 Å². The van der Waals surface area contributed by atoms with Crippen molar-refractivity contribution in [2.75, 3.05) is 43.0 Å². The van der Waals surface area contributed by atoms with Gasteiger partial charge in [0.2, 0.25) is 10.0 Å². The molecule has 1 aliphatic heterocycles. The molecule has 0 saturated carbocycles. The number of piperidine rings is 1. The zero-order chi connectivity index (χ0) is 23.6. The molecule has 0 bridgehead atoms. The van der Waals surface area contributed by atoms with Gasteiger partial charge in [-0.05, 0) is 38.1 Å². The number of nitrogens with zero attached hydrogens (tertiary/aromatic N) is 4. The fourth-order valence-electron chi connectivity index (χ4n) is 3.39. The van der Waals surface area contributed by atoms with E-state index in [4.69, 9.17) is 16.3 Å². The first-order chi connectivity index (χ1) is 15.7. The Morgan fingerprint density at radius 2 is 2.06 bits per heavy atom. The monoisotopic (exact) mass is 510 g/mol. The molecular formula is C20H23ClN6O4S2. The summed E-state index contributed by atoms with van der Waals surface area (Å²) in [4.78, 5) is 28.2. The highest BCUT2D eigenvalue weighted by Crippen LogP contribution is 2.30. The lowest BCUT2D eigenvalue weighted by molar-refractivity contribution is -0.123. The second kappa shape index (κ2) is 9.85. The molecule has 3 aromatic heterocycles. The van der Waals surface area contributed by atoms with Gasteiger partial charge in [-0.25, -0.2) is 23.4 Å². The third-order valence-electron chi connectivity index (χ3n) is 5.05. The van der Waals surface area contributed by atoms with E-state index in [1.54, 1.807) is 18.2 Å². The number of amides is 1. The smallest absolute Gasteiger partial charge is 0.252 e. The van der Waals surface area contributed by atoms with Crippen LogP contribution in [0.15, 0.2) is 24.4 Å².